The molecule has 1 aliphatic rings. The summed E-state index contributed by atoms with van der Waals surface area (Å²) in [5.74, 6) is -1.08. The van der Waals surface area contributed by atoms with Crippen LogP contribution in [0.15, 0.2) is 0 Å². The van der Waals surface area contributed by atoms with Crippen LogP contribution in [0, 0.1) is 5.92 Å². The molecule has 1 rings (SSSR count). The predicted molar refractivity (Wildman–Crippen MR) is 77.7 cm³/mol. The molecule has 20 heavy (non-hydrogen) atoms. The van der Waals surface area contributed by atoms with Gasteiger partial charge < -0.3 is 20.6 Å². The molecule has 1 aliphatic carbocycles. The first-order valence-electron chi connectivity index (χ1n) is 7.27. The Balaban J connectivity index is 2.48. The van der Waals surface area contributed by atoms with E-state index in [0.717, 1.165) is 12.8 Å². The number of carbonyl (C=O) groups excluding carboxylic acids is 1. The quantitative estimate of drug-likeness (QED) is 0.658. The average Bonchev–Trinajstić information content (AvgIpc) is 2.32. The van der Waals surface area contributed by atoms with Gasteiger partial charge in [0, 0.05) is 12.1 Å². The highest BCUT2D eigenvalue weighted by molar-refractivity contribution is 5.82. The molecular weight excluding hydrogens is 258 g/mol. The number of carboxylic acids is 1. The third-order valence-electron chi connectivity index (χ3n) is 4.58. The molecular formula is C14H27N3O3. The van der Waals surface area contributed by atoms with Crippen molar-refractivity contribution in [1.29, 1.82) is 0 Å². The summed E-state index contributed by atoms with van der Waals surface area (Å²) in [7, 11) is 4.02. The molecule has 0 saturated heterocycles. The van der Waals surface area contributed by atoms with E-state index in [1.165, 1.54) is 6.42 Å². The van der Waals surface area contributed by atoms with Crippen LogP contribution in [0.4, 0.5) is 4.79 Å². The van der Waals surface area contributed by atoms with Crippen molar-refractivity contribution < 1.29 is 14.7 Å². The first kappa shape index (κ1) is 16.8. The molecule has 0 aromatic heterocycles. The smallest absolute Gasteiger partial charge is 0.326 e. The van der Waals surface area contributed by atoms with Crippen LogP contribution < -0.4 is 10.6 Å². The summed E-state index contributed by atoms with van der Waals surface area (Å²) < 4.78 is 0. The number of likely N-dealkylation sites (N-methyl/N-ethyl adjacent to an activating group) is 1. The molecule has 2 amide bonds. The summed E-state index contributed by atoms with van der Waals surface area (Å²) in [6.45, 7) is 4.29. The van der Waals surface area contributed by atoms with E-state index in [9.17, 15) is 9.59 Å². The second-order valence-corrected chi connectivity index (χ2v) is 6.00. The minimum atomic E-state index is -0.986. The molecule has 0 aromatic rings. The zero-order chi connectivity index (χ0) is 15.3. The van der Waals surface area contributed by atoms with Crippen molar-refractivity contribution in [2.24, 2.45) is 5.92 Å². The minimum absolute atomic E-state index is 0.0342. The van der Waals surface area contributed by atoms with Gasteiger partial charge in [0.05, 0.1) is 0 Å². The van der Waals surface area contributed by atoms with Gasteiger partial charge in [0.1, 0.15) is 6.04 Å². The number of aliphatic carboxylic acids is 1. The van der Waals surface area contributed by atoms with Gasteiger partial charge in [-0.3, -0.25) is 0 Å². The van der Waals surface area contributed by atoms with Crippen molar-refractivity contribution in [3.05, 3.63) is 0 Å². The third-order valence-corrected chi connectivity index (χ3v) is 4.58. The Labute approximate surface area is 120 Å². The molecule has 1 saturated carbocycles. The van der Waals surface area contributed by atoms with Gasteiger partial charge in [0.15, 0.2) is 0 Å². The van der Waals surface area contributed by atoms with E-state index in [1.807, 2.05) is 27.9 Å². The Hall–Kier alpha value is -1.30. The van der Waals surface area contributed by atoms with E-state index in [4.69, 9.17) is 5.11 Å². The van der Waals surface area contributed by atoms with Gasteiger partial charge in [0.25, 0.3) is 0 Å². The normalized spacial score (nSPS) is 19.9. The lowest BCUT2D eigenvalue weighted by Gasteiger charge is -2.47. The molecule has 0 heterocycles. The molecule has 0 spiro atoms. The van der Waals surface area contributed by atoms with Crippen molar-refractivity contribution in [1.82, 2.24) is 15.5 Å². The molecule has 116 valence electrons. The van der Waals surface area contributed by atoms with Gasteiger partial charge in [-0.1, -0.05) is 20.3 Å². The summed E-state index contributed by atoms with van der Waals surface area (Å²) >= 11 is 0. The average molecular weight is 285 g/mol. The van der Waals surface area contributed by atoms with E-state index in [0.29, 0.717) is 13.0 Å². The third kappa shape index (κ3) is 3.85. The Morgan fingerprint density at radius 3 is 2.30 bits per heavy atom. The van der Waals surface area contributed by atoms with E-state index in [1.54, 1.807) is 0 Å². The van der Waals surface area contributed by atoms with Crippen LogP contribution in [0.25, 0.3) is 0 Å². The predicted octanol–water partition coefficient (Wildman–Crippen LogP) is 1.27. The zero-order valence-electron chi connectivity index (χ0n) is 12.9. The maximum atomic E-state index is 11.9. The minimum Gasteiger partial charge on any atom is -0.480 e. The number of urea groups is 1. The van der Waals surface area contributed by atoms with E-state index in [-0.39, 0.29) is 11.5 Å². The Bertz CT molecular complexity index is 354. The number of carboxylic acid groups (broad SMARTS) is 1. The van der Waals surface area contributed by atoms with Crippen LogP contribution in [0.3, 0.4) is 0 Å². The fourth-order valence-electron chi connectivity index (χ4n) is 2.49. The molecule has 0 radical (unpaired) electrons. The Kier molecular flexibility index (Phi) is 5.80. The maximum Gasteiger partial charge on any atom is 0.326 e. The highest BCUT2D eigenvalue weighted by Gasteiger charge is 2.39. The molecule has 0 aliphatic heterocycles. The summed E-state index contributed by atoms with van der Waals surface area (Å²) in [5.41, 5.74) is 0.0342. The van der Waals surface area contributed by atoms with Crippen molar-refractivity contribution in [3.8, 4) is 0 Å². The number of rotatable bonds is 7. The highest BCUT2D eigenvalue weighted by atomic mass is 16.4. The standard InChI is InChI=1S/C14H27N3O3/c1-5-10(2)11(12(18)19)16-13(20)15-9-14(17(3)4)7-6-8-14/h10-11H,5-9H2,1-4H3,(H,18,19)(H2,15,16,20). The first-order valence-corrected chi connectivity index (χ1v) is 7.27. The van der Waals surface area contributed by atoms with E-state index < -0.39 is 18.0 Å². The van der Waals surface area contributed by atoms with Gasteiger partial charge in [-0.15, -0.1) is 0 Å². The fourth-order valence-corrected chi connectivity index (χ4v) is 2.49. The van der Waals surface area contributed by atoms with E-state index in [2.05, 4.69) is 15.5 Å². The summed E-state index contributed by atoms with van der Waals surface area (Å²) in [5, 5.41) is 14.5. The number of amides is 2. The summed E-state index contributed by atoms with van der Waals surface area (Å²) in [6.07, 6.45) is 4.01. The Morgan fingerprint density at radius 1 is 1.35 bits per heavy atom. The second-order valence-electron chi connectivity index (χ2n) is 6.00. The summed E-state index contributed by atoms with van der Waals surface area (Å²) in [6, 6.07) is -1.23. The molecule has 0 bridgehead atoms. The van der Waals surface area contributed by atoms with Crippen molar-refractivity contribution in [3.63, 3.8) is 0 Å². The van der Waals surface area contributed by atoms with Gasteiger partial charge >= 0.3 is 12.0 Å². The maximum absolute atomic E-state index is 11.9. The molecule has 2 unspecified atom stereocenters. The number of hydrogen-bond acceptors (Lipinski definition) is 3. The van der Waals surface area contributed by atoms with Gasteiger partial charge in [-0.25, -0.2) is 9.59 Å². The topological polar surface area (TPSA) is 81.7 Å². The summed E-state index contributed by atoms with van der Waals surface area (Å²) in [4.78, 5) is 25.2. The molecule has 0 aromatic carbocycles. The first-order chi connectivity index (χ1) is 9.32. The van der Waals surface area contributed by atoms with Gasteiger partial charge in [-0.05, 0) is 39.3 Å². The fraction of sp³-hybridized carbons (Fsp3) is 0.857. The molecule has 3 N–H and O–H groups in total. The van der Waals surface area contributed by atoms with Crippen molar-refractivity contribution in [2.75, 3.05) is 20.6 Å². The number of nitrogens with zero attached hydrogens (tertiary/aromatic N) is 1. The Morgan fingerprint density at radius 2 is 1.95 bits per heavy atom. The lowest BCUT2D eigenvalue weighted by Crippen LogP contribution is -2.59. The van der Waals surface area contributed by atoms with Crippen molar-refractivity contribution in [2.45, 2.75) is 51.1 Å². The van der Waals surface area contributed by atoms with Crippen LogP contribution in [0.5, 0.6) is 0 Å². The van der Waals surface area contributed by atoms with E-state index >= 15 is 0 Å². The number of carbonyl (C=O) groups is 2. The van der Waals surface area contributed by atoms with Crippen LogP contribution in [-0.2, 0) is 4.79 Å². The SMILES string of the molecule is CCC(C)C(NC(=O)NCC1(N(C)C)CCC1)C(=O)O. The van der Waals surface area contributed by atoms with Crippen LogP contribution >= 0.6 is 0 Å². The van der Waals surface area contributed by atoms with Crippen LogP contribution in [-0.4, -0.2) is 54.2 Å². The molecule has 6 heteroatoms. The lowest BCUT2D eigenvalue weighted by atomic mass is 9.75. The largest absolute Gasteiger partial charge is 0.480 e. The van der Waals surface area contributed by atoms with Crippen LogP contribution in [0.1, 0.15) is 39.5 Å². The van der Waals surface area contributed by atoms with Crippen molar-refractivity contribution >= 4 is 12.0 Å². The highest BCUT2D eigenvalue weighted by Crippen LogP contribution is 2.35. The molecule has 2 atom stereocenters. The molecule has 6 nitrogen and oxygen atoms in total. The van der Waals surface area contributed by atoms with Gasteiger partial charge in [0.2, 0.25) is 0 Å². The monoisotopic (exact) mass is 285 g/mol. The number of hydrogen-bond donors (Lipinski definition) is 3. The molecule has 1 fully saturated rings. The second kappa shape index (κ2) is 6.92. The zero-order valence-corrected chi connectivity index (χ0v) is 12.9. The lowest BCUT2D eigenvalue weighted by molar-refractivity contribution is -0.140. The van der Waals surface area contributed by atoms with Crippen LogP contribution in [0.2, 0.25) is 0 Å². The van der Waals surface area contributed by atoms with Gasteiger partial charge in [-0.2, -0.15) is 0 Å². The number of nitrogens with one attached hydrogen (secondary N) is 2.